The van der Waals surface area contributed by atoms with Crippen LogP contribution >= 0.6 is 0 Å². The van der Waals surface area contributed by atoms with Gasteiger partial charge >= 0.3 is 0 Å². The highest BCUT2D eigenvalue weighted by Gasteiger charge is 2.33. The molecular formula is C12H22N4O2S. The van der Waals surface area contributed by atoms with Gasteiger partial charge in [-0.2, -0.15) is 4.31 Å². The third kappa shape index (κ3) is 2.82. The van der Waals surface area contributed by atoms with Crippen molar-refractivity contribution in [2.45, 2.75) is 43.7 Å². The molecule has 0 radical (unpaired) electrons. The lowest BCUT2D eigenvalue weighted by molar-refractivity contribution is 0.327. The Bertz CT molecular complexity index is 518. The van der Waals surface area contributed by atoms with E-state index >= 15 is 0 Å². The van der Waals surface area contributed by atoms with Crippen molar-refractivity contribution in [1.29, 1.82) is 0 Å². The Kier molecular flexibility index (Phi) is 4.27. The van der Waals surface area contributed by atoms with Gasteiger partial charge in [0, 0.05) is 32.4 Å². The van der Waals surface area contributed by atoms with E-state index in [0.29, 0.717) is 18.9 Å². The number of imidazole rings is 1. The van der Waals surface area contributed by atoms with Gasteiger partial charge in [0.2, 0.25) is 0 Å². The number of sulfonamides is 1. The van der Waals surface area contributed by atoms with E-state index in [2.05, 4.69) is 4.98 Å². The lowest BCUT2D eigenvalue weighted by Crippen LogP contribution is -2.44. The highest BCUT2D eigenvalue weighted by Crippen LogP contribution is 2.23. The monoisotopic (exact) mass is 286 g/mol. The second kappa shape index (κ2) is 5.60. The van der Waals surface area contributed by atoms with Gasteiger partial charge in [0.1, 0.15) is 5.82 Å². The number of aromatic nitrogens is 2. The van der Waals surface area contributed by atoms with Gasteiger partial charge in [0.15, 0.2) is 5.03 Å². The molecule has 0 amide bonds. The molecule has 2 rings (SSSR count). The Labute approximate surface area is 114 Å². The first-order valence-corrected chi connectivity index (χ1v) is 8.12. The van der Waals surface area contributed by atoms with Crippen LogP contribution in [0.15, 0.2) is 11.2 Å². The van der Waals surface area contributed by atoms with E-state index in [-0.39, 0.29) is 11.1 Å². The number of hydrogen-bond donors (Lipinski definition) is 1. The quantitative estimate of drug-likeness (QED) is 0.883. The van der Waals surface area contributed by atoms with Crippen LogP contribution in [-0.4, -0.2) is 41.4 Å². The molecule has 1 aliphatic heterocycles. The SMILES string of the molecule is Cc1nc(S(=O)(=O)N2CCCCCC2CN)cn1C. The molecule has 1 unspecified atom stereocenters. The van der Waals surface area contributed by atoms with Crippen LogP contribution in [0.25, 0.3) is 0 Å². The van der Waals surface area contributed by atoms with Gasteiger partial charge in [-0.3, -0.25) is 0 Å². The van der Waals surface area contributed by atoms with E-state index in [9.17, 15) is 8.42 Å². The topological polar surface area (TPSA) is 81.2 Å². The highest BCUT2D eigenvalue weighted by atomic mass is 32.2. The van der Waals surface area contributed by atoms with Gasteiger partial charge in [-0.15, -0.1) is 0 Å². The van der Waals surface area contributed by atoms with Crippen LogP contribution < -0.4 is 5.73 Å². The smallest absolute Gasteiger partial charge is 0.262 e. The molecule has 1 saturated heterocycles. The molecule has 0 aromatic carbocycles. The molecule has 0 spiro atoms. The fraction of sp³-hybridized carbons (Fsp3) is 0.750. The van der Waals surface area contributed by atoms with Crippen molar-refractivity contribution in [3.63, 3.8) is 0 Å². The zero-order valence-corrected chi connectivity index (χ0v) is 12.4. The minimum absolute atomic E-state index is 0.102. The van der Waals surface area contributed by atoms with Crippen molar-refractivity contribution in [3.8, 4) is 0 Å². The third-order valence-electron chi connectivity index (χ3n) is 3.75. The summed E-state index contributed by atoms with van der Waals surface area (Å²) in [5.74, 6) is 0.692. The summed E-state index contributed by atoms with van der Waals surface area (Å²) in [4.78, 5) is 4.15. The summed E-state index contributed by atoms with van der Waals surface area (Å²) < 4.78 is 28.6. The summed E-state index contributed by atoms with van der Waals surface area (Å²) in [6.07, 6.45) is 5.39. The molecule has 1 aliphatic rings. The number of hydrogen-bond acceptors (Lipinski definition) is 4. The number of nitrogens with two attached hydrogens (primary N) is 1. The van der Waals surface area contributed by atoms with E-state index in [1.165, 1.54) is 0 Å². The summed E-state index contributed by atoms with van der Waals surface area (Å²) in [5, 5.41) is 0.132. The van der Waals surface area contributed by atoms with Crippen LogP contribution in [0.4, 0.5) is 0 Å². The van der Waals surface area contributed by atoms with Gasteiger partial charge < -0.3 is 10.3 Å². The zero-order valence-electron chi connectivity index (χ0n) is 11.5. The molecular weight excluding hydrogens is 264 g/mol. The van der Waals surface area contributed by atoms with E-state index in [1.807, 2.05) is 0 Å². The summed E-state index contributed by atoms with van der Waals surface area (Å²) in [6.45, 7) is 2.70. The second-order valence-corrected chi connectivity index (χ2v) is 6.93. The molecule has 0 aliphatic carbocycles. The summed E-state index contributed by atoms with van der Waals surface area (Å²) in [7, 11) is -1.73. The van der Waals surface area contributed by atoms with Crippen LogP contribution in [-0.2, 0) is 17.1 Å². The van der Waals surface area contributed by atoms with Crippen LogP contribution in [0.5, 0.6) is 0 Å². The third-order valence-corrected chi connectivity index (χ3v) is 5.58. The van der Waals surface area contributed by atoms with Crippen molar-refractivity contribution in [1.82, 2.24) is 13.9 Å². The first kappa shape index (κ1) is 14.5. The van der Waals surface area contributed by atoms with Crippen LogP contribution in [0.1, 0.15) is 31.5 Å². The predicted octanol–water partition coefficient (Wildman–Crippen LogP) is 0.621. The lowest BCUT2D eigenvalue weighted by Gasteiger charge is -2.27. The molecule has 0 bridgehead atoms. The molecule has 0 saturated carbocycles. The largest absolute Gasteiger partial charge is 0.337 e. The van der Waals surface area contributed by atoms with E-state index < -0.39 is 10.0 Å². The fourth-order valence-corrected chi connectivity index (χ4v) is 4.21. The Morgan fingerprint density at radius 3 is 2.74 bits per heavy atom. The van der Waals surface area contributed by atoms with Gasteiger partial charge in [0.05, 0.1) is 0 Å². The molecule has 2 N–H and O–H groups in total. The number of aryl methyl sites for hydroxylation is 2. The minimum Gasteiger partial charge on any atom is -0.337 e. The zero-order chi connectivity index (χ0) is 14.0. The van der Waals surface area contributed by atoms with E-state index in [1.54, 1.807) is 29.0 Å². The lowest BCUT2D eigenvalue weighted by atomic mass is 10.1. The fourth-order valence-electron chi connectivity index (χ4n) is 2.47. The number of nitrogens with zero attached hydrogens (tertiary/aromatic N) is 3. The maximum Gasteiger partial charge on any atom is 0.262 e. The normalized spacial score (nSPS) is 22.4. The summed E-state index contributed by atoms with van der Waals surface area (Å²) in [6, 6.07) is -0.102. The van der Waals surface area contributed by atoms with E-state index in [0.717, 1.165) is 25.7 Å². The molecule has 7 heteroatoms. The molecule has 1 aromatic rings. The van der Waals surface area contributed by atoms with Crippen molar-refractivity contribution in [2.75, 3.05) is 13.1 Å². The predicted molar refractivity (Wildman–Crippen MR) is 73.1 cm³/mol. The Morgan fingerprint density at radius 1 is 1.42 bits per heavy atom. The number of rotatable bonds is 3. The van der Waals surface area contributed by atoms with Crippen molar-refractivity contribution in [2.24, 2.45) is 12.8 Å². The Balaban J connectivity index is 2.35. The van der Waals surface area contributed by atoms with Crippen LogP contribution in [0.2, 0.25) is 0 Å². The van der Waals surface area contributed by atoms with Gasteiger partial charge in [-0.25, -0.2) is 13.4 Å². The molecule has 19 heavy (non-hydrogen) atoms. The standard InChI is InChI=1S/C12H22N4O2S/c1-10-14-12(9-15(10)2)19(17,18)16-7-5-3-4-6-11(16)8-13/h9,11H,3-8,13H2,1-2H3. The maximum absolute atomic E-state index is 12.7. The van der Waals surface area contributed by atoms with Crippen LogP contribution in [0, 0.1) is 6.92 Å². The molecule has 1 fully saturated rings. The van der Waals surface area contributed by atoms with Crippen molar-refractivity contribution >= 4 is 10.0 Å². The first-order valence-electron chi connectivity index (χ1n) is 6.68. The average molecular weight is 286 g/mol. The molecule has 1 atom stereocenters. The summed E-state index contributed by atoms with van der Waals surface area (Å²) >= 11 is 0. The maximum atomic E-state index is 12.7. The summed E-state index contributed by atoms with van der Waals surface area (Å²) in [5.41, 5.74) is 5.74. The first-order chi connectivity index (χ1) is 8.96. The average Bonchev–Trinajstić information content (AvgIpc) is 2.61. The minimum atomic E-state index is -3.53. The highest BCUT2D eigenvalue weighted by molar-refractivity contribution is 7.89. The molecule has 6 nitrogen and oxygen atoms in total. The Hall–Kier alpha value is -0.920. The molecule has 2 heterocycles. The van der Waals surface area contributed by atoms with Crippen molar-refractivity contribution < 1.29 is 8.42 Å². The molecule has 108 valence electrons. The van der Waals surface area contributed by atoms with Gasteiger partial charge in [-0.05, 0) is 19.8 Å². The van der Waals surface area contributed by atoms with Crippen LogP contribution in [0.3, 0.4) is 0 Å². The van der Waals surface area contributed by atoms with Crippen molar-refractivity contribution in [3.05, 3.63) is 12.0 Å². The molecule has 1 aromatic heterocycles. The van der Waals surface area contributed by atoms with Gasteiger partial charge in [-0.1, -0.05) is 12.8 Å². The van der Waals surface area contributed by atoms with E-state index in [4.69, 9.17) is 5.73 Å². The van der Waals surface area contributed by atoms with Gasteiger partial charge in [0.25, 0.3) is 10.0 Å². The second-order valence-electron chi connectivity index (χ2n) is 5.09. The Morgan fingerprint density at radius 2 is 2.16 bits per heavy atom.